The fourth-order valence-electron chi connectivity index (χ4n) is 3.69. The molecule has 1 heterocycles. The van der Waals surface area contributed by atoms with Gasteiger partial charge in [-0.3, -0.25) is 9.80 Å². The molecule has 1 saturated heterocycles. The van der Waals surface area contributed by atoms with E-state index >= 15 is 0 Å². The second-order valence-corrected chi connectivity index (χ2v) is 7.49. The normalized spacial score (nSPS) is 21.1. The smallest absolute Gasteiger partial charge is 0.257 e. The maximum absolute atomic E-state index is 14.1. The Balaban J connectivity index is 1.68. The van der Waals surface area contributed by atoms with E-state index in [2.05, 4.69) is 4.90 Å². The molecule has 0 amide bonds. The summed E-state index contributed by atoms with van der Waals surface area (Å²) in [6.45, 7) is 4.51. The number of ether oxygens (including phenoxy) is 2. The average Bonchev–Trinajstić information content (AvgIpc) is 2.71. The third-order valence-electron chi connectivity index (χ3n) is 5.52. The minimum atomic E-state index is -2.43. The van der Waals surface area contributed by atoms with Crippen LogP contribution < -0.4 is 9.47 Å². The minimum Gasteiger partial charge on any atom is -0.497 e. The quantitative estimate of drug-likeness (QED) is 0.712. The lowest BCUT2D eigenvalue weighted by Crippen LogP contribution is -2.63. The molecular formula is C22H28F2N2O2. The van der Waals surface area contributed by atoms with Crippen LogP contribution in [0.4, 0.5) is 8.78 Å². The fraction of sp³-hybridized carbons (Fsp3) is 0.455. The molecule has 0 unspecified atom stereocenters. The Hall–Kier alpha value is -2.18. The van der Waals surface area contributed by atoms with Crippen LogP contribution in [0.15, 0.2) is 48.5 Å². The zero-order valence-corrected chi connectivity index (χ0v) is 16.7. The number of alkyl halides is 2. The van der Waals surface area contributed by atoms with Crippen molar-refractivity contribution in [3.05, 3.63) is 59.7 Å². The van der Waals surface area contributed by atoms with Crippen molar-refractivity contribution in [3.8, 4) is 11.5 Å². The van der Waals surface area contributed by atoms with Gasteiger partial charge in [-0.1, -0.05) is 24.3 Å². The maximum atomic E-state index is 14.1. The molecule has 0 aliphatic carbocycles. The van der Waals surface area contributed by atoms with Crippen molar-refractivity contribution < 1.29 is 18.3 Å². The number of nitrogens with zero attached hydrogens (tertiary/aromatic N) is 2. The van der Waals surface area contributed by atoms with Crippen LogP contribution in [0.25, 0.3) is 0 Å². The predicted molar refractivity (Wildman–Crippen MR) is 106 cm³/mol. The summed E-state index contributed by atoms with van der Waals surface area (Å²) < 4.78 is 38.5. The molecule has 1 aliphatic rings. The van der Waals surface area contributed by atoms with E-state index < -0.39 is 12.0 Å². The molecule has 0 saturated carbocycles. The van der Waals surface area contributed by atoms with E-state index in [0.717, 1.165) is 29.2 Å². The van der Waals surface area contributed by atoms with Gasteiger partial charge >= 0.3 is 0 Å². The Morgan fingerprint density at radius 2 is 1.36 bits per heavy atom. The molecule has 1 fully saturated rings. The Morgan fingerprint density at radius 1 is 0.857 bits per heavy atom. The number of hydrogen-bond donors (Lipinski definition) is 0. The molecule has 0 N–H and O–H groups in total. The lowest BCUT2D eigenvalue weighted by molar-refractivity contribution is -0.0942. The van der Waals surface area contributed by atoms with Crippen LogP contribution in [0.1, 0.15) is 18.1 Å². The predicted octanol–water partition coefficient (Wildman–Crippen LogP) is 4.05. The van der Waals surface area contributed by atoms with E-state index in [0.29, 0.717) is 26.2 Å². The highest BCUT2D eigenvalue weighted by Crippen LogP contribution is 2.31. The molecule has 0 spiro atoms. The first-order valence-electron chi connectivity index (χ1n) is 9.46. The SMILES string of the molecule is COc1ccc(CN2CCN(Cc3ccc(OC)cc3)[C@](C)(C(F)F)C2)cc1. The van der Waals surface area contributed by atoms with Gasteiger partial charge in [0.2, 0.25) is 0 Å². The van der Waals surface area contributed by atoms with Gasteiger partial charge in [-0.15, -0.1) is 0 Å². The first kappa shape index (κ1) is 20.6. The molecule has 1 atom stereocenters. The van der Waals surface area contributed by atoms with Crippen LogP contribution in [-0.2, 0) is 13.1 Å². The van der Waals surface area contributed by atoms with Gasteiger partial charge in [0.25, 0.3) is 6.43 Å². The Bertz CT molecular complexity index is 752. The van der Waals surface area contributed by atoms with Crippen LogP contribution >= 0.6 is 0 Å². The van der Waals surface area contributed by atoms with Crippen LogP contribution in [0.5, 0.6) is 11.5 Å². The zero-order valence-electron chi connectivity index (χ0n) is 16.7. The van der Waals surface area contributed by atoms with E-state index in [9.17, 15) is 8.78 Å². The van der Waals surface area contributed by atoms with E-state index in [1.165, 1.54) is 0 Å². The fourth-order valence-corrected chi connectivity index (χ4v) is 3.69. The van der Waals surface area contributed by atoms with Crippen molar-refractivity contribution in [1.29, 1.82) is 0 Å². The Labute approximate surface area is 165 Å². The van der Waals surface area contributed by atoms with Gasteiger partial charge in [0.1, 0.15) is 11.5 Å². The molecule has 6 heteroatoms. The van der Waals surface area contributed by atoms with Gasteiger partial charge < -0.3 is 9.47 Å². The van der Waals surface area contributed by atoms with Crippen LogP contribution in [-0.4, -0.2) is 55.6 Å². The number of hydrogen-bond acceptors (Lipinski definition) is 4. The second-order valence-electron chi connectivity index (χ2n) is 7.49. The molecule has 2 aromatic carbocycles. The standard InChI is InChI=1S/C22H28F2N2O2/c1-22(21(23)24)16-25(14-17-4-8-19(27-2)9-5-17)12-13-26(22)15-18-6-10-20(28-3)11-7-18/h4-11,21H,12-16H2,1-3H3/t22-/m0/s1. The third kappa shape index (κ3) is 4.62. The van der Waals surface area contributed by atoms with Crippen LogP contribution in [0, 0.1) is 0 Å². The summed E-state index contributed by atoms with van der Waals surface area (Å²) in [7, 11) is 3.25. The molecule has 28 heavy (non-hydrogen) atoms. The highest BCUT2D eigenvalue weighted by Gasteiger charge is 2.44. The van der Waals surface area contributed by atoms with Crippen molar-refractivity contribution in [3.63, 3.8) is 0 Å². The summed E-state index contributed by atoms with van der Waals surface area (Å²) in [6.07, 6.45) is -2.43. The van der Waals surface area contributed by atoms with Gasteiger partial charge in [0, 0.05) is 32.7 Å². The van der Waals surface area contributed by atoms with Gasteiger partial charge in [0.15, 0.2) is 0 Å². The number of methoxy groups -OCH3 is 2. The molecule has 0 radical (unpaired) electrons. The van der Waals surface area contributed by atoms with Crippen molar-refractivity contribution in [2.45, 2.75) is 32.0 Å². The van der Waals surface area contributed by atoms with Gasteiger partial charge in [-0.25, -0.2) is 8.78 Å². The molecule has 4 nitrogen and oxygen atoms in total. The average molecular weight is 390 g/mol. The monoisotopic (exact) mass is 390 g/mol. The Kier molecular flexibility index (Phi) is 6.52. The van der Waals surface area contributed by atoms with Gasteiger partial charge in [-0.05, 0) is 42.3 Å². The van der Waals surface area contributed by atoms with Gasteiger partial charge in [0.05, 0.1) is 19.8 Å². The summed E-state index contributed by atoms with van der Waals surface area (Å²) in [5, 5.41) is 0. The molecule has 152 valence electrons. The molecule has 2 aromatic rings. The van der Waals surface area contributed by atoms with Crippen molar-refractivity contribution >= 4 is 0 Å². The van der Waals surface area contributed by atoms with E-state index in [4.69, 9.17) is 9.47 Å². The zero-order chi connectivity index (χ0) is 20.1. The molecule has 0 aromatic heterocycles. The summed E-state index contributed by atoms with van der Waals surface area (Å²) >= 11 is 0. The minimum absolute atomic E-state index is 0.326. The first-order chi connectivity index (χ1) is 13.4. The van der Waals surface area contributed by atoms with Crippen molar-refractivity contribution in [2.24, 2.45) is 0 Å². The number of piperazine rings is 1. The number of benzene rings is 2. The topological polar surface area (TPSA) is 24.9 Å². The van der Waals surface area contributed by atoms with Crippen molar-refractivity contribution in [2.75, 3.05) is 33.9 Å². The summed E-state index contributed by atoms with van der Waals surface area (Å²) in [6, 6.07) is 15.4. The number of halogens is 2. The van der Waals surface area contributed by atoms with Crippen molar-refractivity contribution in [1.82, 2.24) is 9.80 Å². The summed E-state index contributed by atoms with van der Waals surface area (Å²) in [4.78, 5) is 4.02. The van der Waals surface area contributed by atoms with E-state index in [1.54, 1.807) is 21.1 Å². The summed E-state index contributed by atoms with van der Waals surface area (Å²) in [5.74, 6) is 1.56. The number of rotatable bonds is 7. The molecular weight excluding hydrogens is 362 g/mol. The summed E-state index contributed by atoms with van der Waals surface area (Å²) in [5.41, 5.74) is 0.919. The highest BCUT2D eigenvalue weighted by molar-refractivity contribution is 5.28. The first-order valence-corrected chi connectivity index (χ1v) is 9.46. The largest absolute Gasteiger partial charge is 0.497 e. The lowest BCUT2D eigenvalue weighted by atomic mass is 9.95. The third-order valence-corrected chi connectivity index (χ3v) is 5.52. The maximum Gasteiger partial charge on any atom is 0.257 e. The van der Waals surface area contributed by atoms with E-state index in [1.807, 2.05) is 53.4 Å². The second kappa shape index (κ2) is 8.88. The molecule has 0 bridgehead atoms. The molecule has 3 rings (SSSR count). The lowest BCUT2D eigenvalue weighted by Gasteiger charge is -2.48. The van der Waals surface area contributed by atoms with E-state index in [-0.39, 0.29) is 0 Å². The van der Waals surface area contributed by atoms with Crippen LogP contribution in [0.2, 0.25) is 0 Å². The van der Waals surface area contributed by atoms with Gasteiger partial charge in [-0.2, -0.15) is 0 Å². The highest BCUT2D eigenvalue weighted by atomic mass is 19.3. The Morgan fingerprint density at radius 3 is 1.82 bits per heavy atom. The molecule has 1 aliphatic heterocycles. The van der Waals surface area contributed by atoms with Crippen LogP contribution in [0.3, 0.4) is 0 Å².